The molecule has 2 saturated heterocycles. The molecule has 0 bridgehead atoms. The lowest BCUT2D eigenvalue weighted by molar-refractivity contribution is -0.181. The SMILES string of the molecule is CC1CCC(C#CC2CCC(CN3OC(COP(=O)(O)O)CC3C(=O)NCCC3CNC4CCCCC34)CC2)CC1. The van der Waals surface area contributed by atoms with Crippen molar-refractivity contribution in [2.45, 2.75) is 115 Å². The summed E-state index contributed by atoms with van der Waals surface area (Å²) >= 11 is 0. The molecule has 5 unspecified atom stereocenters. The van der Waals surface area contributed by atoms with Crippen molar-refractivity contribution in [2.75, 3.05) is 26.2 Å². The Morgan fingerprint density at radius 2 is 1.71 bits per heavy atom. The van der Waals surface area contributed by atoms with Crippen LogP contribution in [0.1, 0.15) is 96.8 Å². The van der Waals surface area contributed by atoms with Crippen LogP contribution in [0.5, 0.6) is 0 Å². The van der Waals surface area contributed by atoms with Crippen molar-refractivity contribution in [3.8, 4) is 11.8 Å². The van der Waals surface area contributed by atoms with Gasteiger partial charge in [0.2, 0.25) is 5.91 Å². The summed E-state index contributed by atoms with van der Waals surface area (Å²) in [5.74, 6) is 10.8. The maximum Gasteiger partial charge on any atom is 0.469 e. The van der Waals surface area contributed by atoms with E-state index in [0.717, 1.165) is 50.5 Å². The minimum absolute atomic E-state index is 0.0591. The molecule has 5 atom stereocenters. The van der Waals surface area contributed by atoms with Gasteiger partial charge < -0.3 is 20.4 Å². The zero-order valence-corrected chi connectivity index (χ0v) is 25.7. The molecule has 2 aliphatic heterocycles. The molecule has 0 aromatic rings. The molecule has 3 saturated carbocycles. The molecule has 9 nitrogen and oxygen atoms in total. The molecule has 41 heavy (non-hydrogen) atoms. The number of phosphoric ester groups is 1. The number of hydrogen-bond acceptors (Lipinski definition) is 6. The Morgan fingerprint density at radius 3 is 2.41 bits per heavy atom. The van der Waals surface area contributed by atoms with Crippen molar-refractivity contribution >= 4 is 13.7 Å². The predicted octanol–water partition coefficient (Wildman–Crippen LogP) is 4.39. The van der Waals surface area contributed by atoms with E-state index in [1.807, 2.05) is 0 Å². The molecule has 5 rings (SSSR count). The van der Waals surface area contributed by atoms with E-state index in [-0.39, 0.29) is 12.5 Å². The van der Waals surface area contributed by atoms with Crippen molar-refractivity contribution in [1.29, 1.82) is 0 Å². The molecule has 0 aromatic heterocycles. The van der Waals surface area contributed by atoms with Gasteiger partial charge in [0.25, 0.3) is 0 Å². The first-order valence-corrected chi connectivity index (χ1v) is 17.9. The van der Waals surface area contributed by atoms with Gasteiger partial charge >= 0.3 is 7.82 Å². The zero-order valence-electron chi connectivity index (χ0n) is 24.8. The van der Waals surface area contributed by atoms with E-state index < -0.39 is 20.0 Å². The third-order valence-corrected chi connectivity index (χ3v) is 11.0. The zero-order chi connectivity index (χ0) is 28.8. The highest BCUT2D eigenvalue weighted by atomic mass is 31.2. The van der Waals surface area contributed by atoms with Crippen LogP contribution in [0.4, 0.5) is 0 Å². The van der Waals surface area contributed by atoms with E-state index in [2.05, 4.69) is 29.4 Å². The lowest BCUT2D eigenvalue weighted by Crippen LogP contribution is -2.45. The summed E-state index contributed by atoms with van der Waals surface area (Å²) in [5.41, 5.74) is 0. The molecular weight excluding hydrogens is 541 g/mol. The number of amides is 1. The summed E-state index contributed by atoms with van der Waals surface area (Å²) in [6.45, 7) is 4.44. The van der Waals surface area contributed by atoms with Gasteiger partial charge in [0.05, 0.1) is 6.61 Å². The van der Waals surface area contributed by atoms with Crippen LogP contribution in [-0.4, -0.2) is 65.2 Å². The summed E-state index contributed by atoms with van der Waals surface area (Å²) in [4.78, 5) is 37.8. The smallest absolute Gasteiger partial charge is 0.355 e. The monoisotopic (exact) mass is 593 g/mol. The predicted molar refractivity (Wildman–Crippen MR) is 157 cm³/mol. The molecule has 10 heteroatoms. The standard InChI is InChI=1S/C31H52N3O6P/c1-22-6-8-23(9-7-22)10-11-24-12-14-25(15-13-24)20-34-30(18-27(40-34)21-39-41(36,37)38)31(35)32-17-16-26-19-33-29-5-3-2-4-28(26)29/h22-30,33H,2-9,12-21H2,1H3,(H,32,35)(H2,36,37,38). The second kappa shape index (κ2) is 14.7. The second-order valence-electron chi connectivity index (χ2n) is 13.6. The summed E-state index contributed by atoms with van der Waals surface area (Å²) in [5, 5.41) is 8.63. The Bertz CT molecular complexity index is 965. The number of rotatable bonds is 9. The number of nitrogens with one attached hydrogen (secondary N) is 2. The van der Waals surface area contributed by atoms with Crippen molar-refractivity contribution in [3.63, 3.8) is 0 Å². The lowest BCUT2D eigenvalue weighted by atomic mass is 9.79. The van der Waals surface area contributed by atoms with Crippen molar-refractivity contribution in [2.24, 2.45) is 35.5 Å². The van der Waals surface area contributed by atoms with E-state index in [4.69, 9.17) is 19.1 Å². The second-order valence-corrected chi connectivity index (χ2v) is 14.9. The highest BCUT2D eigenvalue weighted by molar-refractivity contribution is 7.46. The van der Waals surface area contributed by atoms with Gasteiger partial charge in [0.1, 0.15) is 12.1 Å². The molecular formula is C31H52N3O6P. The first-order chi connectivity index (χ1) is 19.7. The van der Waals surface area contributed by atoms with Crippen molar-refractivity contribution < 1.29 is 28.5 Å². The fraction of sp³-hybridized carbons (Fsp3) is 0.903. The van der Waals surface area contributed by atoms with Gasteiger partial charge in [-0.15, -0.1) is 0 Å². The topological polar surface area (TPSA) is 120 Å². The number of fused-ring (bicyclic) bond motifs is 1. The van der Waals surface area contributed by atoms with Crippen LogP contribution in [0.3, 0.4) is 0 Å². The van der Waals surface area contributed by atoms with Crippen molar-refractivity contribution in [1.82, 2.24) is 15.7 Å². The third kappa shape index (κ3) is 9.25. The highest BCUT2D eigenvalue weighted by Gasteiger charge is 2.41. The van der Waals surface area contributed by atoms with E-state index in [1.54, 1.807) is 5.06 Å². The Labute approximate surface area is 246 Å². The molecule has 3 aliphatic carbocycles. The average molecular weight is 594 g/mol. The van der Waals surface area contributed by atoms with Gasteiger partial charge in [-0.2, -0.15) is 5.06 Å². The Hall–Kier alpha value is -0.980. The fourth-order valence-corrected chi connectivity index (χ4v) is 8.35. The summed E-state index contributed by atoms with van der Waals surface area (Å²) in [6, 6.07) is 0.172. The molecule has 2 heterocycles. The van der Waals surface area contributed by atoms with Gasteiger partial charge in [-0.05, 0) is 101 Å². The quantitative estimate of drug-likeness (QED) is 0.230. The molecule has 4 N–H and O–H groups in total. The maximum absolute atomic E-state index is 13.3. The number of carbonyl (C=O) groups excluding carboxylic acids is 1. The first-order valence-electron chi connectivity index (χ1n) is 16.4. The van der Waals surface area contributed by atoms with Crippen molar-refractivity contribution in [3.05, 3.63) is 0 Å². The molecule has 0 spiro atoms. The fourth-order valence-electron chi connectivity index (χ4n) is 7.99. The number of carbonyl (C=O) groups is 1. The number of phosphoric acid groups is 1. The number of hydrogen-bond donors (Lipinski definition) is 4. The van der Waals surface area contributed by atoms with Crippen LogP contribution in [0.15, 0.2) is 0 Å². The van der Waals surface area contributed by atoms with Crippen LogP contribution in [0, 0.1) is 47.3 Å². The van der Waals surface area contributed by atoms with Gasteiger partial charge in [0, 0.05) is 37.4 Å². The van der Waals surface area contributed by atoms with E-state index in [1.165, 1.54) is 51.4 Å². The van der Waals surface area contributed by atoms with Gasteiger partial charge in [-0.1, -0.05) is 31.6 Å². The molecule has 0 radical (unpaired) electrons. The molecule has 232 valence electrons. The van der Waals surface area contributed by atoms with Crippen LogP contribution < -0.4 is 10.6 Å². The Kier molecular flexibility index (Phi) is 11.2. The van der Waals surface area contributed by atoms with E-state index in [9.17, 15) is 9.36 Å². The largest absolute Gasteiger partial charge is 0.469 e. The summed E-state index contributed by atoms with van der Waals surface area (Å²) in [7, 11) is -4.60. The van der Waals surface area contributed by atoms with Crippen LogP contribution in [-0.2, 0) is 18.7 Å². The van der Waals surface area contributed by atoms with E-state index in [0.29, 0.717) is 49.2 Å². The van der Waals surface area contributed by atoms with Gasteiger partial charge in [-0.3, -0.25) is 14.2 Å². The summed E-state index contributed by atoms with van der Waals surface area (Å²) < 4.78 is 16.0. The molecule has 5 fully saturated rings. The molecule has 0 aromatic carbocycles. The van der Waals surface area contributed by atoms with Crippen LogP contribution >= 0.6 is 7.82 Å². The van der Waals surface area contributed by atoms with Crippen LogP contribution in [0.2, 0.25) is 0 Å². The lowest BCUT2D eigenvalue weighted by Gasteiger charge is -2.31. The third-order valence-electron chi connectivity index (χ3n) is 10.5. The Balaban J connectivity index is 1.10. The number of hydroxylamine groups is 2. The van der Waals surface area contributed by atoms with Crippen LogP contribution in [0.25, 0.3) is 0 Å². The van der Waals surface area contributed by atoms with E-state index >= 15 is 0 Å². The minimum atomic E-state index is -4.60. The number of nitrogens with zero attached hydrogens (tertiary/aromatic N) is 1. The maximum atomic E-state index is 13.3. The molecule has 1 amide bonds. The van der Waals surface area contributed by atoms with Gasteiger partial charge in [-0.25, -0.2) is 4.57 Å². The summed E-state index contributed by atoms with van der Waals surface area (Å²) in [6.07, 6.45) is 15.3. The first kappa shape index (κ1) is 31.4. The molecule has 5 aliphatic rings. The highest BCUT2D eigenvalue weighted by Crippen LogP contribution is 2.38. The van der Waals surface area contributed by atoms with Gasteiger partial charge in [0.15, 0.2) is 0 Å². The minimum Gasteiger partial charge on any atom is -0.355 e. The average Bonchev–Trinajstić information content (AvgIpc) is 3.56. The normalized spacial score (nSPS) is 38.2. The Morgan fingerprint density at radius 1 is 1.02 bits per heavy atom.